The second-order valence-electron chi connectivity index (χ2n) is 3.37. The highest BCUT2D eigenvalue weighted by atomic mass is 35.5. The van der Waals surface area contributed by atoms with Gasteiger partial charge in [0.15, 0.2) is 0 Å². The van der Waals surface area contributed by atoms with E-state index in [2.05, 4.69) is 4.98 Å². The van der Waals surface area contributed by atoms with Gasteiger partial charge in [-0.15, -0.1) is 12.4 Å². The number of aromatic amines is 1. The van der Waals surface area contributed by atoms with Gasteiger partial charge < -0.3 is 10.7 Å². The molecule has 1 atom stereocenters. The molecular formula is C10H17ClN2O. The van der Waals surface area contributed by atoms with Crippen LogP contribution in [0.3, 0.4) is 0 Å². The molecule has 0 saturated heterocycles. The van der Waals surface area contributed by atoms with Gasteiger partial charge in [0.2, 0.25) is 0 Å². The lowest BCUT2D eigenvalue weighted by atomic mass is 10.1. The lowest BCUT2D eigenvalue weighted by Crippen LogP contribution is -2.25. The highest BCUT2D eigenvalue weighted by Gasteiger charge is 2.04. The van der Waals surface area contributed by atoms with Crippen LogP contribution in [0.5, 0.6) is 0 Å². The highest BCUT2D eigenvalue weighted by molar-refractivity contribution is 5.85. The number of nitrogens with two attached hydrogens (primary N) is 1. The third kappa shape index (κ3) is 3.52. The molecule has 1 unspecified atom stereocenters. The molecule has 1 aromatic heterocycles. The maximum Gasteiger partial charge on any atom is 0.251 e. The van der Waals surface area contributed by atoms with Gasteiger partial charge in [-0.2, -0.15) is 0 Å². The number of hydrogen-bond acceptors (Lipinski definition) is 2. The summed E-state index contributed by atoms with van der Waals surface area (Å²) in [6.45, 7) is 3.89. The van der Waals surface area contributed by atoms with Crippen molar-refractivity contribution >= 4 is 12.4 Å². The van der Waals surface area contributed by atoms with E-state index in [1.165, 1.54) is 0 Å². The van der Waals surface area contributed by atoms with Crippen LogP contribution in [-0.4, -0.2) is 11.0 Å². The fourth-order valence-corrected chi connectivity index (χ4v) is 1.19. The molecule has 1 heterocycles. The molecule has 0 aliphatic heterocycles. The summed E-state index contributed by atoms with van der Waals surface area (Å²) in [6.07, 6.45) is 1.55. The van der Waals surface area contributed by atoms with Crippen LogP contribution in [0.4, 0.5) is 0 Å². The van der Waals surface area contributed by atoms with Crippen molar-refractivity contribution in [3.8, 4) is 0 Å². The van der Waals surface area contributed by atoms with Crippen LogP contribution in [0, 0.1) is 6.92 Å². The van der Waals surface area contributed by atoms with E-state index in [0.29, 0.717) is 6.42 Å². The summed E-state index contributed by atoms with van der Waals surface area (Å²) >= 11 is 0. The molecule has 14 heavy (non-hydrogen) atoms. The van der Waals surface area contributed by atoms with Gasteiger partial charge in [-0.1, -0.05) is 13.0 Å². The van der Waals surface area contributed by atoms with Crippen LogP contribution in [0.1, 0.15) is 24.6 Å². The highest BCUT2D eigenvalue weighted by Crippen LogP contribution is 1.99. The number of rotatable bonds is 3. The standard InChI is InChI=1S/C10H16N2O.ClH/c1-3-9(11)6-8-5-4-7(2)12-10(8)13;/h4-5,9H,3,6,11H2,1-2H3,(H,12,13);1H. The molecule has 0 saturated carbocycles. The molecule has 1 rings (SSSR count). The molecule has 0 aliphatic rings. The van der Waals surface area contributed by atoms with E-state index in [-0.39, 0.29) is 24.0 Å². The number of aromatic nitrogens is 1. The van der Waals surface area contributed by atoms with E-state index in [1.54, 1.807) is 0 Å². The third-order valence-corrected chi connectivity index (χ3v) is 2.14. The predicted molar refractivity (Wildman–Crippen MR) is 61.0 cm³/mol. The Kier molecular flexibility index (Phi) is 5.50. The second kappa shape index (κ2) is 5.83. The molecule has 0 amide bonds. The van der Waals surface area contributed by atoms with Crippen molar-refractivity contribution in [3.05, 3.63) is 33.7 Å². The predicted octanol–water partition coefficient (Wildman–Crippen LogP) is 1.38. The Morgan fingerprint density at radius 2 is 2.14 bits per heavy atom. The smallest absolute Gasteiger partial charge is 0.251 e. The minimum Gasteiger partial charge on any atom is -0.327 e. The van der Waals surface area contributed by atoms with Gasteiger partial charge in [0.25, 0.3) is 5.56 Å². The Labute approximate surface area is 90.1 Å². The van der Waals surface area contributed by atoms with Gasteiger partial charge >= 0.3 is 0 Å². The Hall–Kier alpha value is -0.800. The first-order chi connectivity index (χ1) is 6.13. The molecule has 3 nitrogen and oxygen atoms in total. The monoisotopic (exact) mass is 216 g/mol. The molecule has 0 spiro atoms. The zero-order chi connectivity index (χ0) is 9.84. The Morgan fingerprint density at radius 1 is 1.50 bits per heavy atom. The molecule has 0 fully saturated rings. The molecule has 3 N–H and O–H groups in total. The van der Waals surface area contributed by atoms with Crippen LogP contribution in [0.25, 0.3) is 0 Å². The molecule has 4 heteroatoms. The van der Waals surface area contributed by atoms with Crippen molar-refractivity contribution in [2.45, 2.75) is 32.7 Å². The van der Waals surface area contributed by atoms with Gasteiger partial charge in [0.05, 0.1) is 0 Å². The summed E-state index contributed by atoms with van der Waals surface area (Å²) in [4.78, 5) is 14.1. The number of halogens is 1. The van der Waals surface area contributed by atoms with E-state index in [1.807, 2.05) is 26.0 Å². The van der Waals surface area contributed by atoms with Gasteiger partial charge in [-0.25, -0.2) is 0 Å². The molecule has 80 valence electrons. The first-order valence-corrected chi connectivity index (χ1v) is 4.58. The van der Waals surface area contributed by atoms with Crippen LogP contribution < -0.4 is 11.3 Å². The Morgan fingerprint density at radius 3 is 2.64 bits per heavy atom. The summed E-state index contributed by atoms with van der Waals surface area (Å²) in [7, 11) is 0. The zero-order valence-electron chi connectivity index (χ0n) is 8.54. The summed E-state index contributed by atoms with van der Waals surface area (Å²) in [6, 6.07) is 3.84. The second-order valence-corrected chi connectivity index (χ2v) is 3.37. The normalized spacial score (nSPS) is 11.9. The van der Waals surface area contributed by atoms with Crippen LogP contribution >= 0.6 is 12.4 Å². The molecule has 0 aliphatic carbocycles. The van der Waals surface area contributed by atoms with E-state index in [0.717, 1.165) is 17.7 Å². The minimum atomic E-state index is -0.0103. The largest absolute Gasteiger partial charge is 0.327 e. The van der Waals surface area contributed by atoms with Crippen LogP contribution in [0.15, 0.2) is 16.9 Å². The average Bonchev–Trinajstić information content (AvgIpc) is 2.09. The first kappa shape index (κ1) is 13.2. The van der Waals surface area contributed by atoms with Crippen LogP contribution in [0.2, 0.25) is 0 Å². The van der Waals surface area contributed by atoms with Crippen molar-refractivity contribution in [2.75, 3.05) is 0 Å². The topological polar surface area (TPSA) is 58.9 Å². The molecule has 1 aromatic rings. The lowest BCUT2D eigenvalue weighted by Gasteiger charge is -2.07. The third-order valence-electron chi connectivity index (χ3n) is 2.14. The first-order valence-electron chi connectivity index (χ1n) is 4.58. The molecule has 0 bridgehead atoms. The average molecular weight is 217 g/mol. The number of hydrogen-bond donors (Lipinski definition) is 2. The number of H-pyrrole nitrogens is 1. The lowest BCUT2D eigenvalue weighted by molar-refractivity contribution is 0.642. The number of aryl methyl sites for hydroxylation is 1. The summed E-state index contributed by atoms with van der Waals surface area (Å²) < 4.78 is 0. The molecule has 0 aromatic carbocycles. The number of nitrogens with one attached hydrogen (secondary N) is 1. The van der Waals surface area contributed by atoms with Crippen molar-refractivity contribution in [1.82, 2.24) is 4.98 Å². The minimum absolute atomic E-state index is 0. The Bertz CT molecular complexity index is 335. The van der Waals surface area contributed by atoms with Crippen molar-refractivity contribution < 1.29 is 0 Å². The molecule has 0 radical (unpaired) electrons. The van der Waals surface area contributed by atoms with E-state index < -0.39 is 0 Å². The fourth-order valence-electron chi connectivity index (χ4n) is 1.19. The fraction of sp³-hybridized carbons (Fsp3) is 0.500. The molecular weight excluding hydrogens is 200 g/mol. The van der Waals surface area contributed by atoms with E-state index >= 15 is 0 Å². The number of pyridine rings is 1. The van der Waals surface area contributed by atoms with E-state index in [9.17, 15) is 4.79 Å². The van der Waals surface area contributed by atoms with Gasteiger partial charge in [0, 0.05) is 17.3 Å². The summed E-state index contributed by atoms with van der Waals surface area (Å²) in [5, 5.41) is 0. The quantitative estimate of drug-likeness (QED) is 0.802. The van der Waals surface area contributed by atoms with Crippen LogP contribution in [-0.2, 0) is 6.42 Å². The van der Waals surface area contributed by atoms with Crippen molar-refractivity contribution in [3.63, 3.8) is 0 Å². The summed E-state index contributed by atoms with van der Waals surface area (Å²) in [5.41, 5.74) is 7.41. The SMILES string of the molecule is CCC(N)Cc1ccc(C)[nH]c1=O.Cl. The summed E-state index contributed by atoms with van der Waals surface area (Å²) in [5.74, 6) is 0. The van der Waals surface area contributed by atoms with Gasteiger partial charge in [-0.3, -0.25) is 4.79 Å². The maximum absolute atomic E-state index is 11.4. The Balaban J connectivity index is 0.00000169. The van der Waals surface area contributed by atoms with E-state index in [4.69, 9.17) is 5.73 Å². The van der Waals surface area contributed by atoms with Gasteiger partial charge in [0.1, 0.15) is 0 Å². The van der Waals surface area contributed by atoms with Gasteiger partial charge in [-0.05, 0) is 25.8 Å². The maximum atomic E-state index is 11.4. The van der Waals surface area contributed by atoms with Crippen molar-refractivity contribution in [2.24, 2.45) is 5.73 Å². The van der Waals surface area contributed by atoms with Crippen molar-refractivity contribution in [1.29, 1.82) is 0 Å². The zero-order valence-corrected chi connectivity index (χ0v) is 9.36.